The highest BCUT2D eigenvalue weighted by Gasteiger charge is 2.13. The molecule has 3 heterocycles. The summed E-state index contributed by atoms with van der Waals surface area (Å²) in [6.45, 7) is 0.306. The molecule has 140 valence electrons. The molecule has 3 aromatic heterocycles. The van der Waals surface area contributed by atoms with E-state index in [-0.39, 0.29) is 15.9 Å². The van der Waals surface area contributed by atoms with E-state index >= 15 is 0 Å². The van der Waals surface area contributed by atoms with Crippen LogP contribution in [0.3, 0.4) is 0 Å². The minimum atomic E-state index is -0.454. The van der Waals surface area contributed by atoms with E-state index in [1.165, 1.54) is 12.1 Å². The third-order valence-corrected chi connectivity index (χ3v) is 4.44. The van der Waals surface area contributed by atoms with Gasteiger partial charge in [0.15, 0.2) is 0 Å². The van der Waals surface area contributed by atoms with E-state index in [0.29, 0.717) is 18.0 Å². The first-order valence-electron chi connectivity index (χ1n) is 8.37. The number of carbonyl (C=O) groups is 1. The highest BCUT2D eigenvalue weighted by atomic mass is 35.5. The summed E-state index contributed by atoms with van der Waals surface area (Å²) >= 11 is 11.9. The number of rotatable bonds is 5. The van der Waals surface area contributed by atoms with Gasteiger partial charge in [0.05, 0.1) is 10.7 Å². The van der Waals surface area contributed by atoms with Crippen LogP contribution in [0.1, 0.15) is 16.2 Å². The summed E-state index contributed by atoms with van der Waals surface area (Å²) in [7, 11) is 0. The lowest BCUT2D eigenvalue weighted by Crippen LogP contribution is -2.14. The second-order valence-corrected chi connectivity index (χ2v) is 6.73. The number of fused-ring (bicyclic) bond motifs is 1. The summed E-state index contributed by atoms with van der Waals surface area (Å²) in [5.74, 6) is 0.144. The Labute approximate surface area is 170 Å². The van der Waals surface area contributed by atoms with Crippen molar-refractivity contribution in [3.8, 4) is 5.75 Å². The van der Waals surface area contributed by atoms with Crippen molar-refractivity contribution in [3.05, 3.63) is 88.6 Å². The van der Waals surface area contributed by atoms with Crippen molar-refractivity contribution in [2.75, 3.05) is 5.32 Å². The first-order chi connectivity index (χ1) is 13.6. The van der Waals surface area contributed by atoms with Crippen molar-refractivity contribution in [3.63, 3.8) is 0 Å². The molecule has 0 aliphatic carbocycles. The molecule has 6 nitrogen and oxygen atoms in total. The first kappa shape index (κ1) is 18.3. The molecule has 8 heteroatoms. The fraction of sp³-hybridized carbons (Fsp3) is 0.0500. The van der Waals surface area contributed by atoms with Crippen molar-refractivity contribution in [2.45, 2.75) is 6.61 Å². The third-order valence-electron chi connectivity index (χ3n) is 3.92. The van der Waals surface area contributed by atoms with Gasteiger partial charge < -0.3 is 14.5 Å². The Morgan fingerprint density at radius 1 is 1.07 bits per heavy atom. The van der Waals surface area contributed by atoms with Crippen LogP contribution in [-0.4, -0.2) is 20.3 Å². The smallest absolute Gasteiger partial charge is 0.275 e. The number of halogens is 2. The van der Waals surface area contributed by atoms with Gasteiger partial charge in [0.25, 0.3) is 5.91 Å². The molecule has 1 N–H and O–H groups in total. The van der Waals surface area contributed by atoms with Crippen molar-refractivity contribution in [1.29, 1.82) is 0 Å². The number of imidazole rings is 1. The third kappa shape index (κ3) is 4.08. The zero-order valence-electron chi connectivity index (χ0n) is 14.5. The van der Waals surface area contributed by atoms with E-state index in [0.717, 1.165) is 11.3 Å². The topological polar surface area (TPSA) is 68.5 Å². The molecule has 0 spiro atoms. The van der Waals surface area contributed by atoms with Gasteiger partial charge in [-0.2, -0.15) is 0 Å². The number of amides is 1. The zero-order valence-corrected chi connectivity index (χ0v) is 16.0. The average molecular weight is 413 g/mol. The minimum absolute atomic E-state index is 0.0604. The molecule has 0 atom stereocenters. The number of ether oxygens (including phenoxy) is 1. The van der Waals surface area contributed by atoms with Crippen LogP contribution in [0.5, 0.6) is 5.75 Å². The van der Waals surface area contributed by atoms with Gasteiger partial charge in [-0.15, -0.1) is 0 Å². The SMILES string of the molecule is O=C(Nc1cccc(OCc2cn3ccccc3n2)c1)c1nc(Cl)ccc1Cl. The molecule has 0 unspecified atom stereocenters. The molecular weight excluding hydrogens is 399 g/mol. The molecule has 1 amide bonds. The number of pyridine rings is 2. The molecule has 0 saturated heterocycles. The van der Waals surface area contributed by atoms with E-state index in [1.54, 1.807) is 24.3 Å². The highest BCUT2D eigenvalue weighted by molar-refractivity contribution is 6.35. The Bertz CT molecular complexity index is 1130. The predicted octanol–water partition coefficient (Wildman–Crippen LogP) is 4.87. The van der Waals surface area contributed by atoms with Crippen LogP contribution in [0.15, 0.2) is 67.0 Å². The largest absolute Gasteiger partial charge is 0.487 e. The lowest BCUT2D eigenvalue weighted by Gasteiger charge is -2.09. The second-order valence-electron chi connectivity index (χ2n) is 5.93. The lowest BCUT2D eigenvalue weighted by molar-refractivity contribution is 0.102. The monoisotopic (exact) mass is 412 g/mol. The average Bonchev–Trinajstić information content (AvgIpc) is 3.11. The zero-order chi connectivity index (χ0) is 19.5. The normalized spacial score (nSPS) is 10.8. The van der Waals surface area contributed by atoms with E-state index < -0.39 is 5.91 Å². The first-order valence-corrected chi connectivity index (χ1v) is 9.13. The van der Waals surface area contributed by atoms with Crippen LogP contribution >= 0.6 is 23.2 Å². The minimum Gasteiger partial charge on any atom is -0.487 e. The van der Waals surface area contributed by atoms with Gasteiger partial charge in [-0.25, -0.2) is 9.97 Å². The van der Waals surface area contributed by atoms with Gasteiger partial charge in [0, 0.05) is 24.1 Å². The Morgan fingerprint density at radius 3 is 2.82 bits per heavy atom. The number of nitrogens with zero attached hydrogens (tertiary/aromatic N) is 3. The van der Waals surface area contributed by atoms with E-state index in [1.807, 2.05) is 35.0 Å². The van der Waals surface area contributed by atoms with Crippen LogP contribution in [0.25, 0.3) is 5.65 Å². The number of hydrogen-bond acceptors (Lipinski definition) is 4. The maximum atomic E-state index is 12.4. The van der Waals surface area contributed by atoms with E-state index in [4.69, 9.17) is 27.9 Å². The van der Waals surface area contributed by atoms with Crippen LogP contribution in [-0.2, 0) is 6.61 Å². The summed E-state index contributed by atoms with van der Waals surface area (Å²) < 4.78 is 7.73. The number of benzene rings is 1. The molecule has 0 radical (unpaired) electrons. The fourth-order valence-electron chi connectivity index (χ4n) is 2.65. The van der Waals surface area contributed by atoms with Gasteiger partial charge in [0.2, 0.25) is 0 Å². The summed E-state index contributed by atoms with van der Waals surface area (Å²) in [4.78, 5) is 20.9. The van der Waals surface area contributed by atoms with Gasteiger partial charge in [-0.1, -0.05) is 35.3 Å². The number of hydrogen-bond donors (Lipinski definition) is 1. The summed E-state index contributed by atoms with van der Waals surface area (Å²) in [5, 5.41) is 3.16. The molecule has 4 rings (SSSR count). The van der Waals surface area contributed by atoms with Gasteiger partial charge >= 0.3 is 0 Å². The summed E-state index contributed by atoms with van der Waals surface area (Å²) in [6, 6.07) is 15.9. The number of anilines is 1. The summed E-state index contributed by atoms with van der Waals surface area (Å²) in [5.41, 5.74) is 2.27. The molecule has 1 aromatic carbocycles. The Morgan fingerprint density at radius 2 is 1.96 bits per heavy atom. The van der Waals surface area contributed by atoms with Gasteiger partial charge in [-0.05, 0) is 36.4 Å². The second kappa shape index (κ2) is 7.88. The van der Waals surface area contributed by atoms with Crippen molar-refractivity contribution >= 4 is 40.4 Å². The van der Waals surface area contributed by atoms with E-state index in [2.05, 4.69) is 15.3 Å². The number of aromatic nitrogens is 3. The Balaban J connectivity index is 1.45. The Hall–Kier alpha value is -3.09. The van der Waals surface area contributed by atoms with Crippen LogP contribution in [0.4, 0.5) is 5.69 Å². The van der Waals surface area contributed by atoms with Crippen molar-refractivity contribution < 1.29 is 9.53 Å². The molecule has 0 bridgehead atoms. The maximum Gasteiger partial charge on any atom is 0.275 e. The van der Waals surface area contributed by atoms with Crippen molar-refractivity contribution in [1.82, 2.24) is 14.4 Å². The highest BCUT2D eigenvalue weighted by Crippen LogP contribution is 2.21. The lowest BCUT2D eigenvalue weighted by atomic mass is 10.2. The molecule has 0 aliphatic heterocycles. The van der Waals surface area contributed by atoms with Crippen LogP contribution < -0.4 is 10.1 Å². The molecule has 0 fully saturated rings. The van der Waals surface area contributed by atoms with Crippen LogP contribution in [0.2, 0.25) is 10.2 Å². The summed E-state index contributed by atoms with van der Waals surface area (Å²) in [6.07, 6.45) is 3.84. The predicted molar refractivity (Wildman–Crippen MR) is 108 cm³/mol. The van der Waals surface area contributed by atoms with Crippen LogP contribution in [0, 0.1) is 0 Å². The fourth-order valence-corrected chi connectivity index (χ4v) is 2.98. The maximum absolute atomic E-state index is 12.4. The molecule has 0 aliphatic rings. The quantitative estimate of drug-likeness (QED) is 0.474. The van der Waals surface area contributed by atoms with Gasteiger partial charge in [-0.3, -0.25) is 4.79 Å². The number of carbonyl (C=O) groups excluding carboxylic acids is 1. The standard InChI is InChI=1S/C20H14Cl2N4O2/c21-16-7-8-17(22)25-19(16)20(27)24-13-4-3-5-15(10-13)28-12-14-11-26-9-2-1-6-18(26)23-14/h1-11H,12H2,(H,24,27). The molecule has 0 saturated carbocycles. The molecule has 4 aromatic rings. The Kier molecular flexibility index (Phi) is 5.14. The van der Waals surface area contributed by atoms with Gasteiger partial charge in [0.1, 0.15) is 28.9 Å². The van der Waals surface area contributed by atoms with E-state index in [9.17, 15) is 4.79 Å². The number of nitrogens with one attached hydrogen (secondary N) is 1. The molecule has 28 heavy (non-hydrogen) atoms. The molecular formula is C20H14Cl2N4O2. The van der Waals surface area contributed by atoms with Crippen molar-refractivity contribution in [2.24, 2.45) is 0 Å².